The van der Waals surface area contributed by atoms with E-state index in [9.17, 15) is 0 Å². The Hall–Kier alpha value is -0.860. The minimum atomic E-state index is 0.312. The quantitative estimate of drug-likeness (QED) is 0.873. The zero-order valence-corrected chi connectivity index (χ0v) is 12.7. The third kappa shape index (κ3) is 3.37. The zero-order valence-electron chi connectivity index (χ0n) is 12.7. The maximum Gasteiger partial charge on any atom is 0.0499 e. The smallest absolute Gasteiger partial charge is 0.0499 e. The van der Waals surface area contributed by atoms with Gasteiger partial charge in [-0.1, -0.05) is 45.0 Å². The molecule has 0 saturated carbocycles. The summed E-state index contributed by atoms with van der Waals surface area (Å²) < 4.78 is 5.21. The number of methoxy groups -OCH3 is 1. The van der Waals surface area contributed by atoms with Gasteiger partial charge < -0.3 is 10.1 Å². The van der Waals surface area contributed by atoms with E-state index in [-0.39, 0.29) is 0 Å². The van der Waals surface area contributed by atoms with Crippen LogP contribution in [0.5, 0.6) is 0 Å². The number of benzene rings is 1. The average Bonchev–Trinajstić information content (AvgIpc) is 2.38. The first-order valence-corrected chi connectivity index (χ1v) is 7.36. The molecule has 1 N–H and O–H groups in total. The van der Waals surface area contributed by atoms with E-state index in [0.717, 1.165) is 13.2 Å². The van der Waals surface area contributed by atoms with Gasteiger partial charge in [0.05, 0.1) is 0 Å². The number of ether oxygens (including phenoxy) is 1. The summed E-state index contributed by atoms with van der Waals surface area (Å²) in [5.74, 6) is 0.562. The molecular formula is C17H27NO. The Morgan fingerprint density at radius 3 is 2.84 bits per heavy atom. The minimum absolute atomic E-state index is 0.312. The van der Waals surface area contributed by atoms with Gasteiger partial charge in [0.15, 0.2) is 0 Å². The van der Waals surface area contributed by atoms with Crippen LogP contribution in [-0.2, 0) is 10.2 Å². The van der Waals surface area contributed by atoms with Gasteiger partial charge in [0.1, 0.15) is 0 Å². The first kappa shape index (κ1) is 14.5. The lowest BCUT2D eigenvalue weighted by Gasteiger charge is -2.37. The molecule has 19 heavy (non-hydrogen) atoms. The summed E-state index contributed by atoms with van der Waals surface area (Å²) in [6, 6.07) is 9.41. The third-order valence-corrected chi connectivity index (χ3v) is 4.29. The lowest BCUT2D eigenvalue weighted by atomic mass is 9.71. The van der Waals surface area contributed by atoms with Crippen molar-refractivity contribution in [3.8, 4) is 0 Å². The summed E-state index contributed by atoms with van der Waals surface area (Å²) in [5, 5.41) is 3.72. The number of hydrogen-bond donors (Lipinski definition) is 1. The molecule has 1 aromatic rings. The van der Waals surface area contributed by atoms with Crippen LogP contribution in [0.1, 0.15) is 50.8 Å². The van der Waals surface area contributed by atoms with Gasteiger partial charge >= 0.3 is 0 Å². The summed E-state index contributed by atoms with van der Waals surface area (Å²) in [7, 11) is 1.77. The van der Waals surface area contributed by atoms with Gasteiger partial charge in [0, 0.05) is 26.3 Å². The summed E-state index contributed by atoms with van der Waals surface area (Å²) in [4.78, 5) is 0. The summed E-state index contributed by atoms with van der Waals surface area (Å²) in [6.07, 6.45) is 2.48. The number of nitrogens with one attached hydrogen (secondary N) is 1. The van der Waals surface area contributed by atoms with Crippen LogP contribution in [-0.4, -0.2) is 20.3 Å². The second-order valence-electron chi connectivity index (χ2n) is 6.53. The van der Waals surface area contributed by atoms with Crippen LogP contribution in [0.4, 0.5) is 0 Å². The molecule has 2 heteroatoms. The Balaban J connectivity index is 2.08. The highest BCUT2D eigenvalue weighted by atomic mass is 16.5. The van der Waals surface area contributed by atoms with Crippen molar-refractivity contribution in [2.24, 2.45) is 5.92 Å². The van der Waals surface area contributed by atoms with Crippen LogP contribution in [0.2, 0.25) is 0 Å². The molecule has 0 aliphatic heterocycles. The predicted molar refractivity (Wildman–Crippen MR) is 80.5 cm³/mol. The van der Waals surface area contributed by atoms with Gasteiger partial charge in [0.2, 0.25) is 0 Å². The van der Waals surface area contributed by atoms with E-state index in [1.54, 1.807) is 7.11 Å². The van der Waals surface area contributed by atoms with Crippen molar-refractivity contribution in [1.82, 2.24) is 5.32 Å². The summed E-state index contributed by atoms with van der Waals surface area (Å²) in [6.45, 7) is 8.79. The Bertz CT molecular complexity index is 413. The summed E-state index contributed by atoms with van der Waals surface area (Å²) >= 11 is 0. The van der Waals surface area contributed by atoms with Crippen LogP contribution in [0.25, 0.3) is 0 Å². The molecule has 2 nitrogen and oxygen atoms in total. The van der Waals surface area contributed by atoms with E-state index in [2.05, 4.69) is 50.4 Å². The predicted octanol–water partition coefficient (Wildman–Crippen LogP) is 3.67. The van der Waals surface area contributed by atoms with E-state index >= 15 is 0 Å². The van der Waals surface area contributed by atoms with Crippen LogP contribution < -0.4 is 5.32 Å². The number of rotatable bonds is 5. The second kappa shape index (κ2) is 6.06. The molecule has 0 spiro atoms. The van der Waals surface area contributed by atoms with Crippen LogP contribution >= 0.6 is 0 Å². The molecule has 0 amide bonds. The topological polar surface area (TPSA) is 21.3 Å². The Kier molecular flexibility index (Phi) is 4.64. The minimum Gasteiger partial charge on any atom is -0.384 e. The molecule has 0 saturated heterocycles. The lowest BCUT2D eigenvalue weighted by Crippen LogP contribution is -2.35. The standard InChI is InChI=1S/C17H27NO/c1-13(12-19-4)11-18-16-9-10-17(2,3)15-8-6-5-7-14(15)16/h5-8,13,16,18H,9-12H2,1-4H3. The molecule has 1 aromatic carbocycles. The fraction of sp³-hybridized carbons (Fsp3) is 0.647. The normalized spacial score (nSPS) is 22.8. The Labute approximate surface area is 117 Å². The molecule has 0 fully saturated rings. The van der Waals surface area contributed by atoms with Gasteiger partial charge in [-0.25, -0.2) is 0 Å². The molecule has 2 rings (SSSR count). The Morgan fingerprint density at radius 2 is 2.11 bits per heavy atom. The largest absolute Gasteiger partial charge is 0.384 e. The summed E-state index contributed by atoms with van der Waals surface area (Å²) in [5.41, 5.74) is 3.31. The van der Waals surface area contributed by atoms with Crippen molar-refractivity contribution in [3.63, 3.8) is 0 Å². The molecule has 1 aliphatic rings. The maximum atomic E-state index is 5.21. The van der Waals surface area contributed by atoms with Crippen molar-refractivity contribution in [1.29, 1.82) is 0 Å². The van der Waals surface area contributed by atoms with Gasteiger partial charge in [-0.2, -0.15) is 0 Å². The Morgan fingerprint density at radius 1 is 1.37 bits per heavy atom. The van der Waals surface area contributed by atoms with Crippen molar-refractivity contribution < 1.29 is 4.74 Å². The lowest BCUT2D eigenvalue weighted by molar-refractivity contribution is 0.155. The SMILES string of the molecule is COCC(C)CNC1CCC(C)(C)c2ccccc21. The molecule has 0 aromatic heterocycles. The molecular weight excluding hydrogens is 234 g/mol. The monoisotopic (exact) mass is 261 g/mol. The highest BCUT2D eigenvalue weighted by molar-refractivity contribution is 5.38. The van der Waals surface area contributed by atoms with Crippen molar-refractivity contribution in [3.05, 3.63) is 35.4 Å². The van der Waals surface area contributed by atoms with Crippen molar-refractivity contribution in [2.45, 2.75) is 45.1 Å². The number of fused-ring (bicyclic) bond motifs is 1. The van der Waals surface area contributed by atoms with Crippen LogP contribution in [0.3, 0.4) is 0 Å². The fourth-order valence-corrected chi connectivity index (χ4v) is 3.11. The van der Waals surface area contributed by atoms with E-state index < -0.39 is 0 Å². The van der Waals surface area contributed by atoms with Gasteiger partial charge in [0.25, 0.3) is 0 Å². The molecule has 2 unspecified atom stereocenters. The van der Waals surface area contributed by atoms with E-state index in [0.29, 0.717) is 17.4 Å². The maximum absolute atomic E-state index is 5.21. The second-order valence-corrected chi connectivity index (χ2v) is 6.53. The van der Waals surface area contributed by atoms with E-state index in [4.69, 9.17) is 4.74 Å². The van der Waals surface area contributed by atoms with Crippen molar-refractivity contribution >= 4 is 0 Å². The first-order chi connectivity index (χ1) is 9.04. The third-order valence-electron chi connectivity index (χ3n) is 4.29. The zero-order chi connectivity index (χ0) is 13.9. The molecule has 106 valence electrons. The van der Waals surface area contributed by atoms with Gasteiger partial charge in [-0.3, -0.25) is 0 Å². The molecule has 2 atom stereocenters. The highest BCUT2D eigenvalue weighted by Gasteiger charge is 2.31. The average molecular weight is 261 g/mol. The number of hydrogen-bond acceptors (Lipinski definition) is 2. The molecule has 0 bridgehead atoms. The van der Waals surface area contributed by atoms with E-state index in [1.165, 1.54) is 24.0 Å². The fourth-order valence-electron chi connectivity index (χ4n) is 3.11. The highest BCUT2D eigenvalue weighted by Crippen LogP contribution is 2.41. The molecule has 0 radical (unpaired) electrons. The first-order valence-electron chi connectivity index (χ1n) is 7.36. The van der Waals surface area contributed by atoms with Gasteiger partial charge in [-0.15, -0.1) is 0 Å². The molecule has 0 heterocycles. The van der Waals surface area contributed by atoms with Crippen LogP contribution in [0, 0.1) is 5.92 Å². The van der Waals surface area contributed by atoms with E-state index in [1.807, 2.05) is 0 Å². The van der Waals surface area contributed by atoms with Crippen LogP contribution in [0.15, 0.2) is 24.3 Å². The van der Waals surface area contributed by atoms with Gasteiger partial charge in [-0.05, 0) is 35.3 Å². The van der Waals surface area contributed by atoms with Crippen molar-refractivity contribution in [2.75, 3.05) is 20.3 Å². The molecule has 1 aliphatic carbocycles.